The Morgan fingerprint density at radius 3 is 2.67 bits per heavy atom. The van der Waals surface area contributed by atoms with Gasteiger partial charge in [-0.3, -0.25) is 10.6 Å². The predicted octanol–water partition coefficient (Wildman–Crippen LogP) is 2.05. The largest absolute Gasteiger partial charge is 0.497 e. The Hall–Kier alpha value is -2.55. The number of aliphatic imine (C=N–C) groups is 1. The van der Waals surface area contributed by atoms with Crippen LogP contribution in [0.3, 0.4) is 0 Å². The van der Waals surface area contributed by atoms with Crippen LogP contribution < -0.4 is 15.8 Å². The number of thiophene rings is 1. The second-order valence-corrected chi connectivity index (χ2v) is 8.92. The van der Waals surface area contributed by atoms with Gasteiger partial charge in [0, 0.05) is 63.3 Å². The summed E-state index contributed by atoms with van der Waals surface area (Å²) in [6.45, 7) is 4.82. The van der Waals surface area contributed by atoms with Gasteiger partial charge in [-0.2, -0.15) is 0 Å². The third-order valence-electron chi connectivity index (χ3n) is 5.53. The van der Waals surface area contributed by atoms with E-state index in [2.05, 4.69) is 32.6 Å². The summed E-state index contributed by atoms with van der Waals surface area (Å²) in [5.74, 6) is 2.53. The second kappa shape index (κ2) is 8.67. The molecule has 3 N–H and O–H groups in total. The van der Waals surface area contributed by atoms with Gasteiger partial charge < -0.3 is 19.9 Å². The number of ether oxygens (including phenoxy) is 1. The minimum Gasteiger partial charge on any atom is -0.497 e. The molecule has 30 heavy (non-hydrogen) atoms. The Morgan fingerprint density at radius 2 is 2.00 bits per heavy atom. The lowest BCUT2D eigenvalue weighted by molar-refractivity contribution is 0.172. The molecule has 0 radical (unpaired) electrons. The molecule has 160 valence electrons. The minimum atomic E-state index is -0.956. The first-order chi connectivity index (χ1) is 14.5. The zero-order valence-corrected chi connectivity index (χ0v) is 18.7. The number of guanidine groups is 1. The molecule has 1 saturated heterocycles. The van der Waals surface area contributed by atoms with E-state index in [9.17, 15) is 0 Å². The Bertz CT molecular complexity index is 917. The highest BCUT2D eigenvalue weighted by atomic mass is 32.1. The Balaban J connectivity index is 1.54. The van der Waals surface area contributed by atoms with Crippen LogP contribution in [0.1, 0.15) is 10.4 Å². The van der Waals surface area contributed by atoms with Gasteiger partial charge in [0.25, 0.3) is 0 Å². The predicted molar refractivity (Wildman–Crippen MR) is 122 cm³/mol. The van der Waals surface area contributed by atoms with Crippen LogP contribution in [-0.2, 0) is 12.2 Å². The lowest BCUT2D eigenvalue weighted by Crippen LogP contribution is -2.56. The Kier molecular flexibility index (Phi) is 5.99. The fourth-order valence-corrected chi connectivity index (χ4v) is 4.49. The molecule has 0 bridgehead atoms. The van der Waals surface area contributed by atoms with Crippen LogP contribution in [0, 0.1) is 0 Å². The highest BCUT2D eigenvalue weighted by molar-refractivity contribution is 7.09. The molecule has 7 nitrogen and oxygen atoms in total. The molecule has 3 heterocycles. The summed E-state index contributed by atoms with van der Waals surface area (Å²) < 4.78 is 5.40. The summed E-state index contributed by atoms with van der Waals surface area (Å²) in [5, 5.41) is 5.61. The standard InChI is InChI=1S/C22H30N6OS/c1-26(2)20-15-22(23,17-6-4-7-18(14-17)29-3)25-21(24-20)28-11-9-27(10-12-28)16-19-8-5-13-30-19/h4-8,13-15H,9-12,16,23H2,1-3H3,(H,24,25). The van der Waals surface area contributed by atoms with Crippen molar-refractivity contribution in [2.45, 2.75) is 12.2 Å². The van der Waals surface area contributed by atoms with Crippen molar-refractivity contribution in [3.05, 3.63) is 64.1 Å². The lowest BCUT2D eigenvalue weighted by atomic mass is 9.99. The number of hydrogen-bond donors (Lipinski definition) is 2. The first-order valence-electron chi connectivity index (χ1n) is 10.2. The summed E-state index contributed by atoms with van der Waals surface area (Å²) in [6, 6.07) is 12.1. The van der Waals surface area contributed by atoms with Crippen molar-refractivity contribution < 1.29 is 4.74 Å². The smallest absolute Gasteiger partial charge is 0.202 e. The fourth-order valence-electron chi connectivity index (χ4n) is 3.75. The van der Waals surface area contributed by atoms with Gasteiger partial charge in [-0.05, 0) is 23.6 Å². The Morgan fingerprint density at radius 1 is 1.20 bits per heavy atom. The highest BCUT2D eigenvalue weighted by Gasteiger charge is 2.33. The number of methoxy groups -OCH3 is 1. The van der Waals surface area contributed by atoms with Gasteiger partial charge in [0.1, 0.15) is 11.6 Å². The molecule has 2 aliphatic heterocycles. The summed E-state index contributed by atoms with van der Waals surface area (Å²) in [5.41, 5.74) is 6.77. The van der Waals surface area contributed by atoms with Crippen LogP contribution >= 0.6 is 11.3 Å². The average molecular weight is 427 g/mol. The van der Waals surface area contributed by atoms with E-state index in [1.165, 1.54) is 4.88 Å². The number of rotatable bonds is 5. The van der Waals surface area contributed by atoms with E-state index >= 15 is 0 Å². The maximum atomic E-state index is 6.83. The molecule has 1 unspecified atom stereocenters. The van der Waals surface area contributed by atoms with E-state index in [4.69, 9.17) is 15.5 Å². The van der Waals surface area contributed by atoms with Crippen LogP contribution in [0.4, 0.5) is 0 Å². The first-order valence-corrected chi connectivity index (χ1v) is 11.0. The van der Waals surface area contributed by atoms with Gasteiger partial charge in [0.05, 0.1) is 7.11 Å². The van der Waals surface area contributed by atoms with Crippen molar-refractivity contribution in [2.24, 2.45) is 10.7 Å². The molecule has 8 heteroatoms. The maximum absolute atomic E-state index is 6.83. The van der Waals surface area contributed by atoms with Crippen molar-refractivity contribution in [1.29, 1.82) is 0 Å². The SMILES string of the molecule is COc1cccc(C2(N)C=C(N(C)C)NC(N3CCN(Cc4cccs4)CC3)=N2)c1. The van der Waals surface area contributed by atoms with Gasteiger partial charge in [0.15, 0.2) is 5.66 Å². The molecule has 0 saturated carbocycles. The maximum Gasteiger partial charge on any atom is 0.202 e. The molecule has 0 spiro atoms. The van der Waals surface area contributed by atoms with Crippen molar-refractivity contribution in [2.75, 3.05) is 47.4 Å². The minimum absolute atomic E-state index is 0.773. The molecule has 0 aliphatic carbocycles. The zero-order chi connectivity index (χ0) is 21.1. The molecule has 4 rings (SSSR count). The number of hydrogen-bond acceptors (Lipinski definition) is 8. The average Bonchev–Trinajstić information content (AvgIpc) is 3.27. The number of nitrogens with one attached hydrogen (secondary N) is 1. The summed E-state index contributed by atoms with van der Waals surface area (Å²) in [6.07, 6.45) is 1.97. The van der Waals surface area contributed by atoms with Crippen LogP contribution in [0.15, 0.2) is 58.7 Å². The van der Waals surface area contributed by atoms with Crippen LogP contribution in [0.5, 0.6) is 5.75 Å². The highest BCUT2D eigenvalue weighted by Crippen LogP contribution is 2.29. The molecular formula is C22H30N6OS. The van der Waals surface area contributed by atoms with Crippen molar-refractivity contribution in [3.8, 4) is 5.75 Å². The van der Waals surface area contributed by atoms with Crippen LogP contribution in [-0.4, -0.2) is 68.0 Å². The van der Waals surface area contributed by atoms with Gasteiger partial charge in [-0.15, -0.1) is 11.3 Å². The number of benzene rings is 1. The van der Waals surface area contributed by atoms with E-state index < -0.39 is 5.66 Å². The molecule has 1 fully saturated rings. The second-order valence-electron chi connectivity index (χ2n) is 7.88. The zero-order valence-electron chi connectivity index (χ0n) is 17.8. The van der Waals surface area contributed by atoms with E-state index in [0.717, 1.165) is 55.8 Å². The van der Waals surface area contributed by atoms with Gasteiger partial charge in [-0.25, -0.2) is 4.99 Å². The van der Waals surface area contributed by atoms with Gasteiger partial charge in [-0.1, -0.05) is 18.2 Å². The van der Waals surface area contributed by atoms with Crippen LogP contribution in [0.25, 0.3) is 0 Å². The topological polar surface area (TPSA) is 69.4 Å². The summed E-state index contributed by atoms with van der Waals surface area (Å²) in [4.78, 5) is 13.2. The fraction of sp³-hybridized carbons (Fsp3) is 0.409. The number of nitrogens with two attached hydrogens (primary N) is 1. The summed E-state index contributed by atoms with van der Waals surface area (Å²) >= 11 is 1.82. The summed E-state index contributed by atoms with van der Waals surface area (Å²) in [7, 11) is 5.68. The van der Waals surface area contributed by atoms with Gasteiger partial charge >= 0.3 is 0 Å². The molecular weight excluding hydrogens is 396 g/mol. The van der Waals surface area contributed by atoms with Gasteiger partial charge in [0.2, 0.25) is 5.96 Å². The molecule has 2 aromatic rings. The molecule has 1 aromatic carbocycles. The van der Waals surface area contributed by atoms with E-state index in [0.29, 0.717) is 0 Å². The number of nitrogens with zero attached hydrogens (tertiary/aromatic N) is 4. The monoisotopic (exact) mass is 426 g/mol. The van der Waals surface area contributed by atoms with E-state index in [-0.39, 0.29) is 0 Å². The third kappa shape index (κ3) is 4.45. The lowest BCUT2D eigenvalue weighted by Gasteiger charge is -2.40. The molecule has 1 atom stereocenters. The quantitative estimate of drug-likeness (QED) is 0.763. The first kappa shape index (κ1) is 20.7. The molecule has 2 aliphatic rings. The van der Waals surface area contributed by atoms with Crippen molar-refractivity contribution in [3.63, 3.8) is 0 Å². The Labute approximate surface area is 182 Å². The van der Waals surface area contributed by atoms with Crippen molar-refractivity contribution in [1.82, 2.24) is 20.0 Å². The molecule has 0 amide bonds. The molecule has 1 aromatic heterocycles. The van der Waals surface area contributed by atoms with Crippen molar-refractivity contribution >= 4 is 17.3 Å². The van der Waals surface area contributed by atoms with E-state index in [1.54, 1.807) is 7.11 Å². The third-order valence-corrected chi connectivity index (χ3v) is 6.39. The van der Waals surface area contributed by atoms with Crippen LogP contribution in [0.2, 0.25) is 0 Å². The van der Waals surface area contributed by atoms with E-state index in [1.807, 2.05) is 60.7 Å². The number of piperazine rings is 1. The normalized spacial score (nSPS) is 22.2.